The van der Waals surface area contributed by atoms with E-state index in [0.717, 1.165) is 37.7 Å². The molecule has 2 amide bonds. The third kappa shape index (κ3) is 4.34. The Morgan fingerprint density at radius 1 is 1.06 bits per heavy atom. The van der Waals surface area contributed by atoms with Gasteiger partial charge in [-0.1, -0.05) is 36.9 Å². The lowest BCUT2D eigenvalue weighted by molar-refractivity contribution is -0.140. The first kappa shape index (κ1) is 21.9. The Morgan fingerprint density at radius 2 is 1.75 bits per heavy atom. The first-order valence-electron chi connectivity index (χ1n) is 10.6. The number of nitrogens with zero attached hydrogens (tertiary/aromatic N) is 1. The van der Waals surface area contributed by atoms with Crippen LogP contribution in [0.15, 0.2) is 53.2 Å². The molecule has 2 aromatic carbocycles. The van der Waals surface area contributed by atoms with Gasteiger partial charge < -0.3 is 15.8 Å². The maximum Gasteiger partial charge on any atom is 0.343 e. The molecule has 0 spiro atoms. The summed E-state index contributed by atoms with van der Waals surface area (Å²) in [5.74, 6) is -1.13. The van der Waals surface area contributed by atoms with Gasteiger partial charge in [-0.15, -0.1) is 0 Å². The molecule has 0 saturated heterocycles. The van der Waals surface area contributed by atoms with Gasteiger partial charge in [-0.05, 0) is 61.7 Å². The van der Waals surface area contributed by atoms with Crippen LogP contribution >= 0.6 is 11.6 Å². The summed E-state index contributed by atoms with van der Waals surface area (Å²) >= 11 is 6.20. The standard InChI is InChI=1S/C24H24ClN3O4/c1-14-7-12-19(18(26)13-14)32-24(31)15-8-10-16(11-9-15)27-21-20(25)22(29)28(23(21)30)17-5-3-2-4-6-17/h7-13,17,27H,2-6,26H2,1H3. The molecule has 3 N–H and O–H groups in total. The van der Waals surface area contributed by atoms with E-state index in [1.54, 1.807) is 42.5 Å². The number of nitrogens with one attached hydrogen (secondary N) is 1. The van der Waals surface area contributed by atoms with Crippen LogP contribution in [0.2, 0.25) is 0 Å². The number of anilines is 2. The van der Waals surface area contributed by atoms with Crippen molar-refractivity contribution >= 4 is 40.8 Å². The van der Waals surface area contributed by atoms with Crippen LogP contribution in [0.4, 0.5) is 11.4 Å². The van der Waals surface area contributed by atoms with Gasteiger partial charge in [0.15, 0.2) is 5.75 Å². The third-order valence-corrected chi connectivity index (χ3v) is 6.11. The van der Waals surface area contributed by atoms with Gasteiger partial charge in [-0.25, -0.2) is 4.79 Å². The average molecular weight is 454 g/mol. The molecule has 1 aliphatic heterocycles. The molecule has 166 valence electrons. The summed E-state index contributed by atoms with van der Waals surface area (Å²) in [6, 6.07) is 11.4. The first-order valence-corrected chi connectivity index (χ1v) is 11.0. The maximum absolute atomic E-state index is 12.9. The molecule has 32 heavy (non-hydrogen) atoms. The molecule has 0 aromatic heterocycles. The number of amides is 2. The molecule has 1 heterocycles. The van der Waals surface area contributed by atoms with E-state index in [-0.39, 0.29) is 22.5 Å². The van der Waals surface area contributed by atoms with Crippen LogP contribution in [0.3, 0.4) is 0 Å². The van der Waals surface area contributed by atoms with E-state index < -0.39 is 17.8 Å². The van der Waals surface area contributed by atoms with Crippen molar-refractivity contribution in [3.63, 3.8) is 0 Å². The number of carbonyl (C=O) groups is 3. The molecule has 0 atom stereocenters. The molecule has 7 nitrogen and oxygen atoms in total. The zero-order valence-electron chi connectivity index (χ0n) is 17.7. The Kier molecular flexibility index (Phi) is 6.19. The highest BCUT2D eigenvalue weighted by Crippen LogP contribution is 2.32. The number of imide groups is 1. The van der Waals surface area contributed by atoms with E-state index in [4.69, 9.17) is 22.1 Å². The molecular formula is C24H24ClN3O4. The minimum absolute atomic E-state index is 0.0602. The molecule has 8 heteroatoms. The molecule has 0 bridgehead atoms. The number of halogens is 1. The topological polar surface area (TPSA) is 102 Å². The van der Waals surface area contributed by atoms with E-state index in [1.807, 2.05) is 6.92 Å². The van der Waals surface area contributed by atoms with Crippen molar-refractivity contribution in [3.05, 3.63) is 64.3 Å². The summed E-state index contributed by atoms with van der Waals surface area (Å²) in [5, 5.41) is 2.82. The van der Waals surface area contributed by atoms with E-state index in [1.165, 1.54) is 4.90 Å². The van der Waals surface area contributed by atoms with Crippen molar-refractivity contribution in [2.45, 2.75) is 45.1 Å². The highest BCUT2D eigenvalue weighted by atomic mass is 35.5. The number of hydrogen-bond acceptors (Lipinski definition) is 6. The molecule has 0 radical (unpaired) electrons. The fourth-order valence-corrected chi connectivity index (χ4v) is 4.27. The molecule has 0 unspecified atom stereocenters. The molecule has 1 fully saturated rings. The number of nitrogens with two attached hydrogens (primary N) is 1. The van der Waals surface area contributed by atoms with Crippen molar-refractivity contribution in [1.29, 1.82) is 0 Å². The Labute approximate surface area is 191 Å². The lowest BCUT2D eigenvalue weighted by Gasteiger charge is -2.29. The number of aryl methyl sites for hydroxylation is 1. The smallest absolute Gasteiger partial charge is 0.343 e. The van der Waals surface area contributed by atoms with Gasteiger partial charge in [0.2, 0.25) is 0 Å². The predicted molar refractivity (Wildman–Crippen MR) is 122 cm³/mol. The van der Waals surface area contributed by atoms with E-state index >= 15 is 0 Å². The normalized spacial score (nSPS) is 17.1. The zero-order chi connectivity index (χ0) is 22.8. The summed E-state index contributed by atoms with van der Waals surface area (Å²) in [4.78, 5) is 39.2. The largest absolute Gasteiger partial charge is 0.421 e. The molecular weight excluding hydrogens is 430 g/mol. The molecule has 1 aliphatic carbocycles. The summed E-state index contributed by atoms with van der Waals surface area (Å²) in [6.07, 6.45) is 4.71. The van der Waals surface area contributed by atoms with Crippen molar-refractivity contribution in [1.82, 2.24) is 4.90 Å². The number of carbonyl (C=O) groups excluding carboxylic acids is 3. The Hall–Kier alpha value is -3.32. The van der Waals surface area contributed by atoms with Gasteiger partial charge in [-0.3, -0.25) is 14.5 Å². The van der Waals surface area contributed by atoms with Crippen molar-refractivity contribution in [3.8, 4) is 5.75 Å². The van der Waals surface area contributed by atoms with Crippen LogP contribution in [0.25, 0.3) is 0 Å². The fraction of sp³-hybridized carbons (Fsp3) is 0.292. The minimum atomic E-state index is -0.556. The zero-order valence-corrected chi connectivity index (χ0v) is 18.4. The van der Waals surface area contributed by atoms with Gasteiger partial charge in [-0.2, -0.15) is 0 Å². The monoisotopic (exact) mass is 453 g/mol. The van der Waals surface area contributed by atoms with Crippen LogP contribution in [-0.2, 0) is 9.59 Å². The average Bonchev–Trinajstić information content (AvgIpc) is 3.00. The Morgan fingerprint density at radius 3 is 2.41 bits per heavy atom. The van der Waals surface area contributed by atoms with E-state index in [2.05, 4.69) is 5.32 Å². The van der Waals surface area contributed by atoms with Gasteiger partial charge >= 0.3 is 5.97 Å². The van der Waals surface area contributed by atoms with Crippen LogP contribution in [0.5, 0.6) is 5.75 Å². The number of nitrogen functional groups attached to an aromatic ring is 1. The number of hydrogen-bond donors (Lipinski definition) is 2. The Balaban J connectivity index is 1.44. The number of rotatable bonds is 5. The highest BCUT2D eigenvalue weighted by Gasteiger charge is 2.42. The van der Waals surface area contributed by atoms with Crippen LogP contribution < -0.4 is 15.8 Å². The van der Waals surface area contributed by atoms with Gasteiger partial charge in [0, 0.05) is 11.7 Å². The molecule has 2 aromatic rings. The molecule has 1 saturated carbocycles. The molecule has 2 aliphatic rings. The molecule has 4 rings (SSSR count). The summed E-state index contributed by atoms with van der Waals surface area (Å²) in [6.45, 7) is 1.90. The Bertz CT molecular complexity index is 1100. The van der Waals surface area contributed by atoms with Crippen molar-refractivity contribution < 1.29 is 19.1 Å². The SMILES string of the molecule is Cc1ccc(OC(=O)c2ccc(NC3=C(Cl)C(=O)N(C4CCCCC4)C3=O)cc2)c(N)c1. The quantitative estimate of drug-likeness (QED) is 0.302. The van der Waals surface area contributed by atoms with E-state index in [0.29, 0.717) is 16.9 Å². The van der Waals surface area contributed by atoms with Crippen LogP contribution in [0, 0.1) is 6.92 Å². The van der Waals surface area contributed by atoms with Gasteiger partial charge in [0.05, 0.1) is 11.3 Å². The van der Waals surface area contributed by atoms with Crippen LogP contribution in [-0.4, -0.2) is 28.7 Å². The van der Waals surface area contributed by atoms with Crippen molar-refractivity contribution in [2.75, 3.05) is 11.1 Å². The first-order chi connectivity index (χ1) is 15.3. The lowest BCUT2D eigenvalue weighted by Crippen LogP contribution is -2.42. The second kappa shape index (κ2) is 9.04. The minimum Gasteiger partial charge on any atom is -0.421 e. The predicted octanol–water partition coefficient (Wildman–Crippen LogP) is 4.36. The lowest BCUT2D eigenvalue weighted by atomic mass is 9.94. The van der Waals surface area contributed by atoms with Crippen molar-refractivity contribution in [2.24, 2.45) is 0 Å². The maximum atomic E-state index is 12.9. The second-order valence-corrected chi connectivity index (χ2v) is 8.47. The number of ether oxygens (including phenoxy) is 1. The van der Waals surface area contributed by atoms with Gasteiger partial charge in [0.1, 0.15) is 10.7 Å². The highest BCUT2D eigenvalue weighted by molar-refractivity contribution is 6.48. The van der Waals surface area contributed by atoms with Crippen LogP contribution in [0.1, 0.15) is 48.0 Å². The number of benzene rings is 2. The summed E-state index contributed by atoms with van der Waals surface area (Å²) in [7, 11) is 0. The van der Waals surface area contributed by atoms with Gasteiger partial charge in [0.25, 0.3) is 11.8 Å². The third-order valence-electron chi connectivity index (χ3n) is 5.76. The summed E-state index contributed by atoms with van der Waals surface area (Å²) < 4.78 is 5.37. The summed E-state index contributed by atoms with van der Waals surface area (Å²) in [5.41, 5.74) is 8.14. The second-order valence-electron chi connectivity index (χ2n) is 8.09. The number of esters is 1. The van der Waals surface area contributed by atoms with E-state index in [9.17, 15) is 14.4 Å². The fourth-order valence-electron chi connectivity index (χ4n) is 4.05.